The molecule has 1 aliphatic carbocycles. The summed E-state index contributed by atoms with van der Waals surface area (Å²) in [5.41, 5.74) is 0.894. The molecule has 7 heteroatoms. The Bertz CT molecular complexity index is 781. The number of esters is 1. The highest BCUT2D eigenvalue weighted by molar-refractivity contribution is 7.84. The van der Waals surface area contributed by atoms with Crippen LogP contribution in [-0.2, 0) is 20.7 Å². The second-order valence-electron chi connectivity index (χ2n) is 6.63. The maximum atomic E-state index is 12.8. The summed E-state index contributed by atoms with van der Waals surface area (Å²) >= 11 is 6.12. The Morgan fingerprint density at radius 3 is 2.30 bits per heavy atom. The van der Waals surface area contributed by atoms with Crippen molar-refractivity contribution in [3.05, 3.63) is 66.2 Å². The lowest BCUT2D eigenvalue weighted by molar-refractivity contribution is -0.148. The van der Waals surface area contributed by atoms with E-state index in [-0.39, 0.29) is 12.5 Å². The number of para-hydroxylation sites is 1. The molecule has 1 aliphatic rings. The van der Waals surface area contributed by atoms with E-state index in [9.17, 15) is 9.36 Å². The van der Waals surface area contributed by atoms with Gasteiger partial charge in [-0.15, -0.1) is 0 Å². The van der Waals surface area contributed by atoms with Crippen LogP contribution in [0.2, 0.25) is 0 Å². The van der Waals surface area contributed by atoms with E-state index in [1.807, 2.05) is 36.4 Å². The molecule has 2 atom stereocenters. The zero-order valence-corrected chi connectivity index (χ0v) is 16.6. The molecular weight excluding hydrogens is 385 g/mol. The van der Waals surface area contributed by atoms with Gasteiger partial charge in [0, 0.05) is 11.2 Å². The highest BCUT2D eigenvalue weighted by Gasteiger charge is 2.37. The van der Waals surface area contributed by atoms with Crippen LogP contribution in [0.25, 0.3) is 0 Å². The zero-order chi connectivity index (χ0) is 19.1. The topological polar surface area (TPSA) is 64.6 Å². The van der Waals surface area contributed by atoms with E-state index >= 15 is 0 Å². The van der Waals surface area contributed by atoms with Gasteiger partial charge in [0.05, 0.1) is 0 Å². The van der Waals surface area contributed by atoms with Crippen molar-refractivity contribution < 1.29 is 18.6 Å². The van der Waals surface area contributed by atoms with Crippen molar-refractivity contribution in [2.24, 2.45) is 5.92 Å². The van der Waals surface area contributed by atoms with E-state index in [0.717, 1.165) is 31.2 Å². The van der Waals surface area contributed by atoms with Gasteiger partial charge in [-0.05, 0) is 36.5 Å². The van der Waals surface area contributed by atoms with Crippen LogP contribution in [-0.4, -0.2) is 12.0 Å². The summed E-state index contributed by atoms with van der Waals surface area (Å²) in [6, 6.07) is 17.3. The monoisotopic (exact) mass is 407 g/mol. The third kappa shape index (κ3) is 6.10. The molecule has 0 radical (unpaired) electrons. The van der Waals surface area contributed by atoms with Gasteiger partial charge in [-0.1, -0.05) is 61.4 Å². The second-order valence-corrected chi connectivity index (χ2v) is 9.36. The number of hydrogen-bond donors (Lipinski definition) is 1. The minimum Gasteiger partial charge on any atom is -0.460 e. The normalized spacial score (nSPS) is 17.8. The Balaban J connectivity index is 1.67. The van der Waals surface area contributed by atoms with Crippen LogP contribution >= 0.6 is 18.1 Å². The lowest BCUT2D eigenvalue weighted by Crippen LogP contribution is -2.41. The maximum Gasteiger partial charge on any atom is 0.409 e. The van der Waals surface area contributed by atoms with Gasteiger partial charge in [0.2, 0.25) is 0 Å². The van der Waals surface area contributed by atoms with Gasteiger partial charge in [0.15, 0.2) is 0 Å². The van der Waals surface area contributed by atoms with Crippen molar-refractivity contribution in [1.82, 2.24) is 5.09 Å². The van der Waals surface area contributed by atoms with Gasteiger partial charge in [-0.3, -0.25) is 4.79 Å². The average molecular weight is 408 g/mol. The molecule has 0 spiro atoms. The van der Waals surface area contributed by atoms with E-state index < -0.39 is 18.9 Å². The van der Waals surface area contributed by atoms with Gasteiger partial charge >= 0.3 is 12.8 Å². The van der Waals surface area contributed by atoms with Crippen molar-refractivity contribution in [2.75, 3.05) is 0 Å². The molecule has 144 valence electrons. The molecule has 0 heterocycles. The summed E-state index contributed by atoms with van der Waals surface area (Å²) in [6.45, 7) is -3.59. The average Bonchev–Trinajstić information content (AvgIpc) is 3.20. The maximum absolute atomic E-state index is 12.8. The van der Waals surface area contributed by atoms with E-state index in [0.29, 0.717) is 5.75 Å². The number of carbonyl (C=O) groups is 1. The second kappa shape index (κ2) is 9.41. The van der Waals surface area contributed by atoms with Crippen LogP contribution in [0, 0.1) is 5.92 Å². The van der Waals surface area contributed by atoms with Crippen LogP contribution in [0.4, 0.5) is 0 Å². The molecule has 3 rings (SSSR count). The Hall–Kier alpha value is -1.81. The molecule has 2 aromatic carbocycles. The first-order chi connectivity index (χ1) is 13.0. The highest BCUT2D eigenvalue weighted by atomic mass is 35.7. The molecule has 5 nitrogen and oxygen atoms in total. The summed E-state index contributed by atoms with van der Waals surface area (Å²) < 4.78 is 23.6. The van der Waals surface area contributed by atoms with Crippen molar-refractivity contribution in [3.63, 3.8) is 0 Å². The molecule has 0 amide bonds. The Morgan fingerprint density at radius 1 is 1.07 bits per heavy atom. The molecule has 0 aromatic heterocycles. The zero-order valence-electron chi connectivity index (χ0n) is 14.9. The number of benzene rings is 2. The number of carbonyl (C=O) groups excluding carboxylic acids is 1. The van der Waals surface area contributed by atoms with Crippen LogP contribution in [0.3, 0.4) is 0 Å². The summed E-state index contributed by atoms with van der Waals surface area (Å²) in [5, 5.41) is 2.74. The Morgan fingerprint density at radius 2 is 1.67 bits per heavy atom. The largest absolute Gasteiger partial charge is 0.460 e. The van der Waals surface area contributed by atoms with Crippen molar-refractivity contribution >= 4 is 24.1 Å². The van der Waals surface area contributed by atoms with Crippen LogP contribution in [0.15, 0.2) is 60.7 Å². The van der Waals surface area contributed by atoms with Gasteiger partial charge in [0.1, 0.15) is 18.4 Å². The first-order valence-electron chi connectivity index (χ1n) is 9.06. The predicted octanol–water partition coefficient (Wildman–Crippen LogP) is 5.30. The molecule has 1 unspecified atom stereocenters. The molecule has 0 bridgehead atoms. The summed E-state index contributed by atoms with van der Waals surface area (Å²) in [5.74, 6) is -0.0471. The quantitative estimate of drug-likeness (QED) is 0.475. The predicted molar refractivity (Wildman–Crippen MR) is 106 cm³/mol. The van der Waals surface area contributed by atoms with Crippen LogP contribution in [0.5, 0.6) is 5.75 Å². The first-order valence-corrected chi connectivity index (χ1v) is 11.6. The highest BCUT2D eigenvalue weighted by Crippen LogP contribution is 2.49. The fraction of sp³-hybridized carbons (Fsp3) is 0.350. The molecule has 1 fully saturated rings. The lowest BCUT2D eigenvalue weighted by Gasteiger charge is -2.25. The van der Waals surface area contributed by atoms with E-state index in [4.69, 9.17) is 20.5 Å². The molecular formula is C20H23ClNO4P. The summed E-state index contributed by atoms with van der Waals surface area (Å²) in [7, 11) is 0. The number of hydrogen-bond acceptors (Lipinski definition) is 4. The Labute approximate surface area is 164 Å². The number of ether oxygens (including phenoxy) is 1. The number of nitrogens with one attached hydrogen (secondary N) is 1. The number of rotatable bonds is 8. The van der Waals surface area contributed by atoms with Gasteiger partial charge < -0.3 is 9.26 Å². The third-order valence-corrected chi connectivity index (χ3v) is 6.14. The molecule has 27 heavy (non-hydrogen) atoms. The molecule has 2 aromatic rings. The molecule has 0 saturated heterocycles. The lowest BCUT2D eigenvalue weighted by atomic mass is 9.99. The summed E-state index contributed by atoms with van der Waals surface area (Å²) in [6.07, 6.45) is 3.78. The minimum absolute atomic E-state index is 0.0275. The summed E-state index contributed by atoms with van der Waals surface area (Å²) in [4.78, 5) is 12.7. The van der Waals surface area contributed by atoms with Crippen molar-refractivity contribution in [1.29, 1.82) is 0 Å². The van der Waals surface area contributed by atoms with Gasteiger partial charge in [-0.25, -0.2) is 9.65 Å². The van der Waals surface area contributed by atoms with E-state index in [1.165, 1.54) is 0 Å². The van der Waals surface area contributed by atoms with Crippen molar-refractivity contribution in [2.45, 2.75) is 38.3 Å². The fourth-order valence-electron chi connectivity index (χ4n) is 3.27. The minimum atomic E-state index is -3.75. The first kappa shape index (κ1) is 19.9. The van der Waals surface area contributed by atoms with Gasteiger partial charge in [-0.2, -0.15) is 0 Å². The molecule has 1 N–H and O–H groups in total. The van der Waals surface area contributed by atoms with Crippen molar-refractivity contribution in [3.8, 4) is 5.75 Å². The fourth-order valence-corrected chi connectivity index (χ4v) is 4.92. The third-order valence-electron chi connectivity index (χ3n) is 4.61. The standard InChI is InChI=1S/C20H23ClNO4P/c21-27(24,26-18-13-5-2-6-14-18)22-19(17-11-7-8-12-17)20(23)25-15-16-9-3-1-4-10-16/h1-6,9-10,13-14,17,19H,7-8,11-12,15H2,(H,22,24)/t19-,27?/m0/s1. The number of halogens is 1. The smallest absolute Gasteiger partial charge is 0.409 e. The van der Waals surface area contributed by atoms with Gasteiger partial charge in [0.25, 0.3) is 0 Å². The Kier molecular flexibility index (Phi) is 6.95. The SMILES string of the molecule is O=C(OCc1ccccc1)[C@@H](NP(=O)(Cl)Oc1ccccc1)C1CCCC1. The molecule has 0 aliphatic heterocycles. The van der Waals surface area contributed by atoms with Crippen LogP contribution in [0.1, 0.15) is 31.2 Å². The molecule has 1 saturated carbocycles. The van der Waals surface area contributed by atoms with E-state index in [2.05, 4.69) is 5.09 Å². The van der Waals surface area contributed by atoms with E-state index in [1.54, 1.807) is 24.3 Å². The van der Waals surface area contributed by atoms with Crippen LogP contribution < -0.4 is 9.61 Å².